The molecule has 1 aromatic rings. The zero-order valence-electron chi connectivity index (χ0n) is 14.3. The monoisotopic (exact) mass is 439 g/mol. The van der Waals surface area contributed by atoms with Crippen LogP contribution in [-0.2, 0) is 19.4 Å². The van der Waals surface area contributed by atoms with Gasteiger partial charge in [-0.2, -0.15) is 8.42 Å². The molecule has 1 aliphatic heterocycles. The molecule has 1 aromatic carbocycles. The first-order valence-electron chi connectivity index (χ1n) is 8.05. The van der Waals surface area contributed by atoms with Crippen LogP contribution in [0.2, 0.25) is 0 Å². The number of ether oxygens (including phenoxy) is 1. The Morgan fingerprint density at radius 1 is 1.14 bits per heavy atom. The first-order valence-corrected chi connectivity index (χ1v) is 10.4. The van der Waals surface area contributed by atoms with Crippen LogP contribution in [0.1, 0.15) is 18.1 Å². The molecule has 28 heavy (non-hydrogen) atoms. The van der Waals surface area contributed by atoms with Gasteiger partial charge in [-0.1, -0.05) is 35.5 Å². The van der Waals surface area contributed by atoms with Crippen molar-refractivity contribution < 1.29 is 47.5 Å². The predicted molar refractivity (Wildman–Crippen MR) is 97.4 cm³/mol. The Bertz CT molecular complexity index is 759. The first-order chi connectivity index (χ1) is 13.1. The van der Waals surface area contributed by atoms with Crippen molar-refractivity contribution in [3.8, 4) is 0 Å². The number of aliphatic hydroxyl groups excluding tert-OH is 5. The SMILES string of the molecule is O=S(=O)(O)O/N=C(/CC(O)c1ccccc1)SC[C@H]1O[C@@H](O)[C@H](O)[C@@H](O)[C@@H]1O. The lowest BCUT2D eigenvalue weighted by molar-refractivity contribution is -0.276. The number of nitrogens with zero attached hydrogens (tertiary/aromatic N) is 1. The molecule has 0 amide bonds. The molecule has 1 saturated heterocycles. The number of rotatable bonds is 7. The van der Waals surface area contributed by atoms with Gasteiger partial charge in [0.15, 0.2) is 6.29 Å². The van der Waals surface area contributed by atoms with Gasteiger partial charge in [-0.15, -0.1) is 11.8 Å². The molecule has 6 atom stereocenters. The van der Waals surface area contributed by atoms with Gasteiger partial charge in [0.25, 0.3) is 0 Å². The Balaban J connectivity index is 2.07. The molecule has 0 radical (unpaired) electrons. The van der Waals surface area contributed by atoms with E-state index in [-0.39, 0.29) is 17.2 Å². The summed E-state index contributed by atoms with van der Waals surface area (Å²) in [5.74, 6) is -0.142. The lowest BCUT2D eigenvalue weighted by Crippen LogP contribution is -2.58. The third-order valence-electron chi connectivity index (χ3n) is 3.89. The van der Waals surface area contributed by atoms with Crippen molar-refractivity contribution in [3.05, 3.63) is 35.9 Å². The molecule has 158 valence electrons. The van der Waals surface area contributed by atoms with Crippen molar-refractivity contribution in [1.29, 1.82) is 0 Å². The van der Waals surface area contributed by atoms with E-state index < -0.39 is 47.2 Å². The summed E-state index contributed by atoms with van der Waals surface area (Å²) >= 11 is 0.801. The number of hydrogen-bond donors (Lipinski definition) is 6. The van der Waals surface area contributed by atoms with Gasteiger partial charge in [0, 0.05) is 12.2 Å². The highest BCUT2D eigenvalue weighted by Gasteiger charge is 2.43. The van der Waals surface area contributed by atoms with Crippen LogP contribution in [0.4, 0.5) is 0 Å². The summed E-state index contributed by atoms with van der Waals surface area (Å²) in [4.78, 5) is 0. The molecule has 0 bridgehead atoms. The topological polar surface area (TPSA) is 186 Å². The third-order valence-corrected chi connectivity index (χ3v) is 5.22. The Morgan fingerprint density at radius 3 is 2.39 bits per heavy atom. The second-order valence-electron chi connectivity index (χ2n) is 5.97. The molecule has 1 aliphatic rings. The van der Waals surface area contributed by atoms with E-state index in [9.17, 15) is 34.0 Å². The second kappa shape index (κ2) is 9.96. The molecule has 6 N–H and O–H groups in total. The van der Waals surface area contributed by atoms with Crippen LogP contribution in [0.5, 0.6) is 0 Å². The van der Waals surface area contributed by atoms with Gasteiger partial charge in [0.2, 0.25) is 0 Å². The van der Waals surface area contributed by atoms with Gasteiger partial charge < -0.3 is 30.3 Å². The normalized spacial score (nSPS) is 30.1. The minimum atomic E-state index is -4.87. The van der Waals surface area contributed by atoms with Crippen LogP contribution < -0.4 is 0 Å². The lowest BCUT2D eigenvalue weighted by atomic mass is 10.0. The number of oxime groups is 1. The maximum Gasteiger partial charge on any atom is 0.466 e. The smallest absolute Gasteiger partial charge is 0.388 e. The molecule has 0 spiro atoms. The van der Waals surface area contributed by atoms with Crippen LogP contribution in [0, 0.1) is 0 Å². The van der Waals surface area contributed by atoms with Crippen molar-refractivity contribution in [2.45, 2.75) is 43.2 Å². The molecule has 11 nitrogen and oxygen atoms in total. The van der Waals surface area contributed by atoms with Gasteiger partial charge in [-0.05, 0) is 5.56 Å². The largest absolute Gasteiger partial charge is 0.466 e. The molecule has 0 aromatic heterocycles. The van der Waals surface area contributed by atoms with Gasteiger partial charge in [0.05, 0.1) is 12.2 Å². The highest BCUT2D eigenvalue weighted by atomic mass is 32.3. The van der Waals surface area contributed by atoms with E-state index in [2.05, 4.69) is 9.44 Å². The average Bonchev–Trinajstić information content (AvgIpc) is 2.65. The maximum atomic E-state index is 10.8. The number of hydrogen-bond acceptors (Lipinski definition) is 11. The number of aliphatic hydroxyl groups is 5. The summed E-state index contributed by atoms with van der Waals surface area (Å²) in [5.41, 5.74) is 0.519. The minimum Gasteiger partial charge on any atom is -0.388 e. The molecular weight excluding hydrogens is 418 g/mol. The fraction of sp³-hybridized carbons (Fsp3) is 0.533. The van der Waals surface area contributed by atoms with Crippen molar-refractivity contribution in [3.63, 3.8) is 0 Å². The summed E-state index contributed by atoms with van der Waals surface area (Å²) in [6.45, 7) is 0. The Hall–Kier alpha value is -1.29. The first kappa shape index (κ1) is 23.0. The average molecular weight is 439 g/mol. The molecule has 1 fully saturated rings. The highest BCUT2D eigenvalue weighted by Crippen LogP contribution is 2.26. The zero-order valence-corrected chi connectivity index (χ0v) is 16.0. The summed E-state index contributed by atoms with van der Waals surface area (Å²) < 4.78 is 39.2. The summed E-state index contributed by atoms with van der Waals surface area (Å²) in [7, 11) is -4.87. The van der Waals surface area contributed by atoms with Crippen molar-refractivity contribution in [2.24, 2.45) is 5.16 Å². The fourth-order valence-corrected chi connectivity index (χ4v) is 3.65. The van der Waals surface area contributed by atoms with E-state index in [0.29, 0.717) is 5.56 Å². The fourth-order valence-electron chi connectivity index (χ4n) is 2.42. The van der Waals surface area contributed by atoms with Gasteiger partial charge in [-0.25, -0.2) is 4.28 Å². The molecular formula is C15H21NO10S2. The van der Waals surface area contributed by atoms with Crippen LogP contribution >= 0.6 is 11.8 Å². The quantitative estimate of drug-likeness (QED) is 0.129. The molecule has 1 heterocycles. The van der Waals surface area contributed by atoms with E-state index >= 15 is 0 Å². The van der Waals surface area contributed by atoms with E-state index in [1.807, 2.05) is 0 Å². The third kappa shape index (κ3) is 6.65. The lowest BCUT2D eigenvalue weighted by Gasteiger charge is -2.38. The van der Waals surface area contributed by atoms with Crippen molar-refractivity contribution in [1.82, 2.24) is 0 Å². The highest BCUT2D eigenvalue weighted by molar-refractivity contribution is 8.14. The van der Waals surface area contributed by atoms with Gasteiger partial charge in [0.1, 0.15) is 23.4 Å². The van der Waals surface area contributed by atoms with Crippen LogP contribution in [-0.4, -0.2) is 80.0 Å². The van der Waals surface area contributed by atoms with E-state index in [4.69, 9.17) is 9.29 Å². The predicted octanol–water partition coefficient (Wildman–Crippen LogP) is -1.22. The van der Waals surface area contributed by atoms with Crippen LogP contribution in [0.3, 0.4) is 0 Å². The van der Waals surface area contributed by atoms with Gasteiger partial charge in [-0.3, -0.25) is 4.55 Å². The Morgan fingerprint density at radius 2 is 1.79 bits per heavy atom. The van der Waals surface area contributed by atoms with Crippen LogP contribution in [0.15, 0.2) is 35.5 Å². The Labute approximate surface area is 165 Å². The molecule has 0 saturated carbocycles. The molecule has 1 unspecified atom stereocenters. The minimum absolute atomic E-state index is 0.0696. The zero-order chi connectivity index (χ0) is 20.9. The maximum absolute atomic E-state index is 10.8. The Kier molecular flexibility index (Phi) is 8.18. The summed E-state index contributed by atoms with van der Waals surface area (Å²) in [5, 5.41) is 52.2. The molecule has 13 heteroatoms. The van der Waals surface area contributed by atoms with Crippen LogP contribution in [0.25, 0.3) is 0 Å². The van der Waals surface area contributed by atoms with E-state index in [0.717, 1.165) is 11.8 Å². The standard InChI is InChI=1S/C15H21NO10S2/c17-9(8-4-2-1-3-5-8)6-11(16-26-28(22,23)24)27-7-10-12(18)13(19)14(20)15(21)25-10/h1-5,9-10,12-15,17-21H,6-7H2,(H,22,23,24)/b16-11-/t9?,10-,12-,13+,14-,15-/m1/s1. The van der Waals surface area contributed by atoms with Crippen molar-refractivity contribution >= 4 is 27.2 Å². The number of thioether (sulfide) groups is 1. The molecule has 2 rings (SSSR count). The second-order valence-corrected chi connectivity index (χ2v) is 8.06. The van der Waals surface area contributed by atoms with E-state index in [1.165, 1.54) is 0 Å². The van der Waals surface area contributed by atoms with Gasteiger partial charge >= 0.3 is 10.4 Å². The van der Waals surface area contributed by atoms with E-state index in [1.54, 1.807) is 30.3 Å². The summed E-state index contributed by atoms with van der Waals surface area (Å²) in [6.07, 6.45) is -9.01. The molecule has 0 aliphatic carbocycles. The van der Waals surface area contributed by atoms with Crippen molar-refractivity contribution in [2.75, 3.05) is 5.75 Å². The summed E-state index contributed by atoms with van der Waals surface area (Å²) in [6, 6.07) is 8.40. The number of benzene rings is 1.